The van der Waals surface area contributed by atoms with Gasteiger partial charge in [-0.2, -0.15) is 0 Å². The maximum atomic E-state index is 6.08. The van der Waals surface area contributed by atoms with E-state index < -0.39 is 0 Å². The lowest BCUT2D eigenvalue weighted by molar-refractivity contribution is 0.00591. The van der Waals surface area contributed by atoms with Crippen LogP contribution < -0.4 is 5.32 Å². The molecule has 0 radical (unpaired) electrons. The van der Waals surface area contributed by atoms with Gasteiger partial charge in [-0.1, -0.05) is 19.8 Å². The van der Waals surface area contributed by atoms with Crippen molar-refractivity contribution in [2.75, 3.05) is 0 Å². The Morgan fingerprint density at radius 3 is 2.84 bits per heavy atom. The number of hydrogen-bond donors (Lipinski definition) is 1. The second-order valence-electron chi connectivity index (χ2n) is 6.23. The van der Waals surface area contributed by atoms with Gasteiger partial charge in [-0.3, -0.25) is 0 Å². The Balaban J connectivity index is 1.41. The van der Waals surface area contributed by atoms with E-state index in [4.69, 9.17) is 4.74 Å². The first kappa shape index (κ1) is 13.6. The fourth-order valence-electron chi connectivity index (χ4n) is 2.86. The van der Waals surface area contributed by atoms with E-state index in [-0.39, 0.29) is 0 Å². The molecule has 3 rings (SSSR count). The van der Waals surface area contributed by atoms with Crippen LogP contribution in [0.25, 0.3) is 0 Å². The van der Waals surface area contributed by atoms with Crippen LogP contribution in [-0.2, 0) is 17.9 Å². The van der Waals surface area contributed by atoms with Gasteiger partial charge in [0.15, 0.2) is 0 Å². The predicted molar refractivity (Wildman–Crippen MR) is 80.4 cm³/mol. The molecular weight excluding hydrogens is 254 g/mol. The molecule has 2 aliphatic rings. The predicted octanol–water partition coefficient (Wildman–Crippen LogP) is 4.10. The molecule has 0 bridgehead atoms. The van der Waals surface area contributed by atoms with E-state index in [1.807, 2.05) is 11.3 Å². The largest absolute Gasteiger partial charge is 0.373 e. The molecule has 2 nitrogen and oxygen atoms in total. The zero-order valence-corrected chi connectivity index (χ0v) is 12.7. The van der Waals surface area contributed by atoms with E-state index in [1.165, 1.54) is 48.3 Å². The molecule has 1 aromatic heterocycles. The summed E-state index contributed by atoms with van der Waals surface area (Å²) in [5.74, 6) is 0.848. The van der Waals surface area contributed by atoms with Gasteiger partial charge in [0.25, 0.3) is 0 Å². The molecule has 0 spiro atoms. The number of hydrogen-bond acceptors (Lipinski definition) is 3. The monoisotopic (exact) mass is 279 g/mol. The molecule has 0 amide bonds. The van der Waals surface area contributed by atoms with Gasteiger partial charge in [0.05, 0.1) is 12.7 Å². The van der Waals surface area contributed by atoms with Crippen molar-refractivity contribution >= 4 is 11.3 Å². The first-order chi connectivity index (χ1) is 9.29. The molecule has 106 valence electrons. The highest BCUT2D eigenvalue weighted by Crippen LogP contribution is 2.27. The zero-order chi connectivity index (χ0) is 13.1. The summed E-state index contributed by atoms with van der Waals surface area (Å²) in [7, 11) is 0. The highest BCUT2D eigenvalue weighted by molar-refractivity contribution is 7.11. The lowest BCUT2D eigenvalue weighted by Gasteiger charge is -2.26. The molecule has 3 heteroatoms. The Morgan fingerprint density at radius 2 is 2.05 bits per heavy atom. The van der Waals surface area contributed by atoms with Gasteiger partial charge < -0.3 is 10.1 Å². The summed E-state index contributed by atoms with van der Waals surface area (Å²) in [5, 5.41) is 3.57. The number of nitrogens with one attached hydrogen (secondary N) is 1. The van der Waals surface area contributed by atoms with Crippen molar-refractivity contribution in [3.8, 4) is 0 Å². The van der Waals surface area contributed by atoms with Crippen molar-refractivity contribution in [1.82, 2.24) is 5.32 Å². The molecule has 0 aromatic carbocycles. The summed E-state index contributed by atoms with van der Waals surface area (Å²) in [6.45, 7) is 4.20. The Hall–Kier alpha value is -0.380. The van der Waals surface area contributed by atoms with Crippen molar-refractivity contribution in [1.29, 1.82) is 0 Å². The first-order valence-electron chi connectivity index (χ1n) is 7.72. The summed E-state index contributed by atoms with van der Waals surface area (Å²) in [5.41, 5.74) is 0. The summed E-state index contributed by atoms with van der Waals surface area (Å²) >= 11 is 1.90. The third-order valence-corrected chi connectivity index (χ3v) is 5.27. The molecule has 0 aliphatic heterocycles. The average Bonchev–Trinajstić information content (AvgIpc) is 3.13. The van der Waals surface area contributed by atoms with Crippen LogP contribution in [0, 0.1) is 5.92 Å². The van der Waals surface area contributed by atoms with Crippen molar-refractivity contribution in [3.05, 3.63) is 21.9 Å². The second kappa shape index (κ2) is 6.38. The summed E-state index contributed by atoms with van der Waals surface area (Å²) < 4.78 is 6.08. The fraction of sp³-hybridized carbons (Fsp3) is 0.750. The van der Waals surface area contributed by atoms with E-state index in [0.717, 1.165) is 25.1 Å². The van der Waals surface area contributed by atoms with Crippen molar-refractivity contribution in [2.24, 2.45) is 5.92 Å². The number of ether oxygens (including phenoxy) is 1. The standard InChI is InChI=1S/C16H25NOS/c1-12-3-2-4-14(9-12)18-11-16-8-7-15(19-16)10-17-13-5-6-13/h7-8,12-14,17H,2-6,9-11H2,1H3. The van der Waals surface area contributed by atoms with Crippen molar-refractivity contribution < 1.29 is 4.74 Å². The lowest BCUT2D eigenvalue weighted by Crippen LogP contribution is -2.21. The topological polar surface area (TPSA) is 21.3 Å². The Morgan fingerprint density at radius 1 is 1.21 bits per heavy atom. The SMILES string of the molecule is CC1CCCC(OCc2ccc(CNC3CC3)s2)C1. The van der Waals surface area contributed by atoms with E-state index in [0.29, 0.717) is 6.10 Å². The van der Waals surface area contributed by atoms with Gasteiger partial charge in [-0.15, -0.1) is 11.3 Å². The van der Waals surface area contributed by atoms with Crippen LogP contribution in [-0.4, -0.2) is 12.1 Å². The molecule has 2 fully saturated rings. The minimum absolute atomic E-state index is 0.499. The zero-order valence-electron chi connectivity index (χ0n) is 11.9. The van der Waals surface area contributed by atoms with Crippen LogP contribution in [0.5, 0.6) is 0 Å². The summed E-state index contributed by atoms with van der Waals surface area (Å²) in [6.07, 6.45) is 8.46. The average molecular weight is 279 g/mol. The minimum Gasteiger partial charge on any atom is -0.373 e. The highest BCUT2D eigenvalue weighted by atomic mass is 32.1. The second-order valence-corrected chi connectivity index (χ2v) is 7.48. The quantitative estimate of drug-likeness (QED) is 0.846. The van der Waals surface area contributed by atoms with E-state index in [1.54, 1.807) is 0 Å². The fourth-order valence-corrected chi connectivity index (χ4v) is 3.75. The van der Waals surface area contributed by atoms with E-state index >= 15 is 0 Å². The van der Waals surface area contributed by atoms with Gasteiger partial charge in [-0.05, 0) is 43.7 Å². The molecule has 2 atom stereocenters. The maximum Gasteiger partial charge on any atom is 0.0813 e. The number of thiophene rings is 1. The molecule has 2 aliphatic carbocycles. The summed E-state index contributed by atoms with van der Waals surface area (Å²) in [6, 6.07) is 5.29. The van der Waals surface area contributed by atoms with Crippen LogP contribution in [0.1, 0.15) is 55.2 Å². The molecule has 19 heavy (non-hydrogen) atoms. The third-order valence-electron chi connectivity index (χ3n) is 4.21. The molecule has 1 N–H and O–H groups in total. The van der Waals surface area contributed by atoms with E-state index in [2.05, 4.69) is 24.4 Å². The van der Waals surface area contributed by atoms with Gasteiger partial charge >= 0.3 is 0 Å². The molecule has 0 saturated heterocycles. The van der Waals surface area contributed by atoms with Crippen LogP contribution in [0.4, 0.5) is 0 Å². The minimum atomic E-state index is 0.499. The highest BCUT2D eigenvalue weighted by Gasteiger charge is 2.21. The van der Waals surface area contributed by atoms with Gasteiger partial charge in [0, 0.05) is 22.3 Å². The Bertz CT molecular complexity index is 399. The summed E-state index contributed by atoms with van der Waals surface area (Å²) in [4.78, 5) is 2.83. The van der Waals surface area contributed by atoms with Gasteiger partial charge in [0.1, 0.15) is 0 Å². The molecule has 1 heterocycles. The molecule has 1 aromatic rings. The third kappa shape index (κ3) is 4.30. The van der Waals surface area contributed by atoms with Crippen LogP contribution in [0.15, 0.2) is 12.1 Å². The molecule has 2 unspecified atom stereocenters. The van der Waals surface area contributed by atoms with E-state index in [9.17, 15) is 0 Å². The maximum absolute atomic E-state index is 6.08. The van der Waals surface area contributed by atoms with Crippen LogP contribution in [0.3, 0.4) is 0 Å². The first-order valence-corrected chi connectivity index (χ1v) is 8.54. The normalized spacial score (nSPS) is 27.6. The Labute approximate surface area is 120 Å². The lowest BCUT2D eigenvalue weighted by atomic mass is 9.89. The van der Waals surface area contributed by atoms with Crippen molar-refractivity contribution in [3.63, 3.8) is 0 Å². The Kier molecular flexibility index (Phi) is 4.57. The molecule has 2 saturated carbocycles. The smallest absolute Gasteiger partial charge is 0.0813 e. The van der Waals surface area contributed by atoms with Crippen LogP contribution >= 0.6 is 11.3 Å². The van der Waals surface area contributed by atoms with Gasteiger partial charge in [-0.25, -0.2) is 0 Å². The molecular formula is C16H25NOS. The number of rotatable bonds is 6. The van der Waals surface area contributed by atoms with Gasteiger partial charge in [0.2, 0.25) is 0 Å². The van der Waals surface area contributed by atoms with Crippen molar-refractivity contribution in [2.45, 2.75) is 70.7 Å². The van der Waals surface area contributed by atoms with Crippen LogP contribution in [0.2, 0.25) is 0 Å².